The molecule has 0 bridgehead atoms. The molecule has 0 saturated heterocycles. The summed E-state index contributed by atoms with van der Waals surface area (Å²) in [5.74, 6) is 0.436. The normalized spacial score (nSPS) is 11.3. The third-order valence-electron chi connectivity index (χ3n) is 5.77. The van der Waals surface area contributed by atoms with Crippen LogP contribution in [0.2, 0.25) is 0 Å². The largest absolute Gasteiger partial charge is 0.358 e. The van der Waals surface area contributed by atoms with Crippen molar-refractivity contribution in [2.45, 2.75) is 58.5 Å². The minimum atomic E-state index is -0.142. The molecule has 0 radical (unpaired) electrons. The van der Waals surface area contributed by atoms with Gasteiger partial charge in [-0.05, 0) is 57.2 Å². The maximum Gasteiger partial charge on any atom is 0.258 e. The van der Waals surface area contributed by atoms with Gasteiger partial charge in [-0.15, -0.1) is 0 Å². The summed E-state index contributed by atoms with van der Waals surface area (Å²) in [7, 11) is 0. The van der Waals surface area contributed by atoms with Crippen molar-refractivity contribution in [3.05, 3.63) is 88.2 Å². The topological polar surface area (TPSA) is 92.7 Å². The van der Waals surface area contributed by atoms with Gasteiger partial charge in [-0.1, -0.05) is 30.3 Å². The Hall–Kier alpha value is -3.74. The third-order valence-corrected chi connectivity index (χ3v) is 5.77. The van der Waals surface area contributed by atoms with Crippen LogP contribution in [0.15, 0.2) is 65.8 Å². The van der Waals surface area contributed by atoms with Gasteiger partial charge >= 0.3 is 0 Å². The molecular formula is C27H31N5O2. The number of rotatable bonds is 11. The quantitative estimate of drug-likeness (QED) is 0.350. The number of benzene rings is 1. The SMILES string of the molecule is CC(C)Nc1ncc(CCCc2ccccc2)c(=O)n1CC(=O)CCc1cc2cnccc2[nH]1. The van der Waals surface area contributed by atoms with Crippen molar-refractivity contribution in [1.82, 2.24) is 19.5 Å². The number of nitrogens with zero attached hydrogens (tertiary/aromatic N) is 3. The number of ketones is 1. The molecule has 0 amide bonds. The molecule has 176 valence electrons. The lowest BCUT2D eigenvalue weighted by molar-refractivity contribution is -0.119. The molecule has 0 atom stereocenters. The fourth-order valence-corrected chi connectivity index (χ4v) is 4.05. The molecule has 0 fully saturated rings. The van der Waals surface area contributed by atoms with Gasteiger partial charge in [0.2, 0.25) is 5.95 Å². The monoisotopic (exact) mass is 457 g/mol. The first kappa shape index (κ1) is 23.4. The van der Waals surface area contributed by atoms with Gasteiger partial charge in [0.15, 0.2) is 5.78 Å². The molecule has 7 nitrogen and oxygen atoms in total. The van der Waals surface area contributed by atoms with Crippen LogP contribution in [0.25, 0.3) is 10.9 Å². The minimum Gasteiger partial charge on any atom is -0.358 e. The summed E-state index contributed by atoms with van der Waals surface area (Å²) in [6.45, 7) is 3.98. The molecule has 7 heteroatoms. The molecule has 0 unspecified atom stereocenters. The molecule has 0 aliphatic heterocycles. The fraction of sp³-hybridized carbons (Fsp3) is 0.333. The minimum absolute atomic E-state index is 0.00563. The molecule has 3 aromatic heterocycles. The zero-order valence-electron chi connectivity index (χ0n) is 19.8. The molecular weight excluding hydrogens is 426 g/mol. The summed E-state index contributed by atoms with van der Waals surface area (Å²) < 4.78 is 1.50. The maximum absolute atomic E-state index is 13.3. The van der Waals surface area contributed by atoms with Crippen molar-refractivity contribution in [3.63, 3.8) is 0 Å². The molecule has 0 spiro atoms. The van der Waals surface area contributed by atoms with Gasteiger partial charge in [-0.25, -0.2) is 4.98 Å². The number of anilines is 1. The number of aryl methyl sites for hydroxylation is 3. The lowest BCUT2D eigenvalue weighted by Crippen LogP contribution is -2.32. The lowest BCUT2D eigenvalue weighted by Gasteiger charge is -2.16. The van der Waals surface area contributed by atoms with E-state index in [9.17, 15) is 9.59 Å². The number of carbonyl (C=O) groups excluding carboxylic acids is 1. The van der Waals surface area contributed by atoms with E-state index in [-0.39, 0.29) is 23.9 Å². The maximum atomic E-state index is 13.3. The van der Waals surface area contributed by atoms with E-state index < -0.39 is 0 Å². The summed E-state index contributed by atoms with van der Waals surface area (Å²) in [4.78, 5) is 38.1. The Balaban J connectivity index is 1.44. The number of carbonyl (C=O) groups is 1. The van der Waals surface area contributed by atoms with E-state index in [2.05, 4.69) is 32.4 Å². The van der Waals surface area contributed by atoms with E-state index in [0.29, 0.717) is 30.8 Å². The highest BCUT2D eigenvalue weighted by molar-refractivity contribution is 5.81. The lowest BCUT2D eigenvalue weighted by atomic mass is 10.1. The first-order valence-electron chi connectivity index (χ1n) is 11.8. The molecule has 1 aromatic carbocycles. The average molecular weight is 458 g/mol. The number of aromatic amines is 1. The Bertz CT molecular complexity index is 1270. The van der Waals surface area contributed by atoms with Crippen LogP contribution in [0.5, 0.6) is 0 Å². The van der Waals surface area contributed by atoms with Crippen molar-refractivity contribution in [1.29, 1.82) is 0 Å². The van der Waals surface area contributed by atoms with E-state index in [1.54, 1.807) is 18.6 Å². The second kappa shape index (κ2) is 10.9. The van der Waals surface area contributed by atoms with Crippen molar-refractivity contribution in [2.75, 3.05) is 5.32 Å². The van der Waals surface area contributed by atoms with E-state index in [1.807, 2.05) is 44.2 Å². The van der Waals surface area contributed by atoms with Crippen LogP contribution >= 0.6 is 0 Å². The van der Waals surface area contributed by atoms with Crippen LogP contribution < -0.4 is 10.9 Å². The van der Waals surface area contributed by atoms with Crippen LogP contribution in [0, 0.1) is 0 Å². The summed E-state index contributed by atoms with van der Waals surface area (Å²) in [5.41, 5.74) is 3.73. The number of pyridine rings is 1. The van der Waals surface area contributed by atoms with E-state index in [4.69, 9.17) is 0 Å². The van der Waals surface area contributed by atoms with Crippen LogP contribution in [-0.2, 0) is 30.6 Å². The molecule has 4 aromatic rings. The summed E-state index contributed by atoms with van der Waals surface area (Å²) in [6, 6.07) is 14.3. The molecule has 0 saturated carbocycles. The Morgan fingerprint density at radius 3 is 2.68 bits per heavy atom. The van der Waals surface area contributed by atoms with Gasteiger partial charge in [-0.2, -0.15) is 0 Å². The molecule has 2 N–H and O–H groups in total. The predicted octanol–water partition coefficient (Wildman–Crippen LogP) is 4.32. The first-order chi connectivity index (χ1) is 16.5. The zero-order valence-corrected chi connectivity index (χ0v) is 19.8. The van der Waals surface area contributed by atoms with E-state index in [1.165, 1.54) is 10.1 Å². The summed E-state index contributed by atoms with van der Waals surface area (Å²) in [6.07, 6.45) is 8.48. The van der Waals surface area contributed by atoms with Gasteiger partial charge in [-0.3, -0.25) is 19.1 Å². The zero-order chi connectivity index (χ0) is 23.9. The molecule has 3 heterocycles. The Morgan fingerprint density at radius 2 is 1.91 bits per heavy atom. The van der Waals surface area contributed by atoms with Gasteiger partial charge in [0.05, 0.1) is 6.54 Å². The number of fused-ring (bicyclic) bond motifs is 1. The van der Waals surface area contributed by atoms with Gasteiger partial charge in [0.25, 0.3) is 5.56 Å². The fourth-order valence-electron chi connectivity index (χ4n) is 4.05. The van der Waals surface area contributed by atoms with E-state index >= 15 is 0 Å². The van der Waals surface area contributed by atoms with Crippen LogP contribution in [0.1, 0.15) is 43.5 Å². The third kappa shape index (κ3) is 5.98. The molecule has 34 heavy (non-hydrogen) atoms. The Labute approximate surface area is 199 Å². The average Bonchev–Trinajstić information content (AvgIpc) is 3.25. The van der Waals surface area contributed by atoms with Crippen molar-refractivity contribution in [3.8, 4) is 0 Å². The number of Topliss-reactive ketones (excluding diaryl/α,β-unsaturated/α-hetero) is 1. The first-order valence-corrected chi connectivity index (χ1v) is 11.8. The van der Waals surface area contributed by atoms with Crippen LogP contribution in [-0.4, -0.2) is 31.3 Å². The molecule has 0 aliphatic rings. The standard InChI is InChI=1S/C27H31N5O2/c1-19(2)30-27-29-17-21(10-6-9-20-7-4-3-5-8-20)26(34)32(27)18-24(33)12-11-23-15-22-16-28-14-13-25(22)31-23/h3-5,7-8,13-17,19,31H,6,9-12,18H2,1-2H3,(H,29,30). The smallest absolute Gasteiger partial charge is 0.258 e. The Kier molecular flexibility index (Phi) is 7.52. The number of aromatic nitrogens is 4. The van der Waals surface area contributed by atoms with E-state index in [0.717, 1.165) is 29.4 Å². The second-order valence-corrected chi connectivity index (χ2v) is 8.93. The highest BCUT2D eigenvalue weighted by atomic mass is 16.1. The molecule has 4 rings (SSSR count). The number of nitrogens with one attached hydrogen (secondary N) is 2. The van der Waals surface area contributed by atoms with Crippen molar-refractivity contribution in [2.24, 2.45) is 0 Å². The number of H-pyrrole nitrogens is 1. The van der Waals surface area contributed by atoms with Gasteiger partial charge < -0.3 is 10.3 Å². The van der Waals surface area contributed by atoms with Gasteiger partial charge in [0.1, 0.15) is 0 Å². The number of hydrogen-bond acceptors (Lipinski definition) is 5. The van der Waals surface area contributed by atoms with Crippen molar-refractivity contribution >= 4 is 22.6 Å². The second-order valence-electron chi connectivity index (χ2n) is 8.93. The number of hydrogen-bond donors (Lipinski definition) is 2. The summed E-state index contributed by atoms with van der Waals surface area (Å²) >= 11 is 0. The highest BCUT2D eigenvalue weighted by Crippen LogP contribution is 2.15. The van der Waals surface area contributed by atoms with Gasteiger partial charge in [0, 0.05) is 53.2 Å². The van der Waals surface area contributed by atoms with Crippen LogP contribution in [0.4, 0.5) is 5.95 Å². The van der Waals surface area contributed by atoms with Crippen LogP contribution in [0.3, 0.4) is 0 Å². The Morgan fingerprint density at radius 1 is 1.09 bits per heavy atom. The summed E-state index contributed by atoms with van der Waals surface area (Å²) in [5, 5.41) is 4.23. The molecule has 0 aliphatic carbocycles. The highest BCUT2D eigenvalue weighted by Gasteiger charge is 2.15. The van der Waals surface area contributed by atoms with Crippen molar-refractivity contribution < 1.29 is 4.79 Å². The predicted molar refractivity (Wildman–Crippen MR) is 135 cm³/mol.